The van der Waals surface area contributed by atoms with E-state index in [0.717, 1.165) is 18.8 Å². The summed E-state index contributed by atoms with van der Waals surface area (Å²) < 4.78 is 19.7. The Bertz CT molecular complexity index is 1410. The molecule has 0 saturated carbocycles. The second-order valence-electron chi connectivity index (χ2n) is 9.09. The Morgan fingerprint density at radius 3 is 2.53 bits per heavy atom. The molecule has 0 unspecified atom stereocenters. The molecule has 0 bridgehead atoms. The molecule has 1 aliphatic heterocycles. The number of amides is 2. The summed E-state index contributed by atoms with van der Waals surface area (Å²) in [6.45, 7) is 6.53. The van der Waals surface area contributed by atoms with Gasteiger partial charge in [0.2, 0.25) is 0 Å². The third-order valence-corrected chi connectivity index (χ3v) is 7.23. The molecular weight excluding hydrogens is 481 g/mol. The van der Waals surface area contributed by atoms with Crippen LogP contribution in [-0.2, 0) is 10.3 Å². The largest absolute Gasteiger partial charge is 0.378 e. The van der Waals surface area contributed by atoms with Gasteiger partial charge < -0.3 is 20.3 Å². The number of aromatic nitrogens is 2. The van der Waals surface area contributed by atoms with Crippen LogP contribution in [-0.4, -0.2) is 48.3 Å². The van der Waals surface area contributed by atoms with Gasteiger partial charge in [0.25, 0.3) is 11.8 Å². The number of ether oxygens (including phenoxy) is 1. The van der Waals surface area contributed by atoms with E-state index in [1.54, 1.807) is 50.2 Å². The highest BCUT2D eigenvalue weighted by molar-refractivity contribution is 7.20. The van der Waals surface area contributed by atoms with Crippen LogP contribution < -0.4 is 15.5 Å². The predicted octanol–water partition coefficient (Wildman–Crippen LogP) is 4.52. The fraction of sp³-hybridized carbons (Fsp3) is 0.269. The van der Waals surface area contributed by atoms with Gasteiger partial charge in [0.05, 0.1) is 29.0 Å². The van der Waals surface area contributed by atoms with Crippen LogP contribution in [0, 0.1) is 5.82 Å². The van der Waals surface area contributed by atoms with Crippen molar-refractivity contribution in [3.8, 4) is 0 Å². The summed E-state index contributed by atoms with van der Waals surface area (Å²) in [5.41, 5.74) is 1.03. The molecule has 1 aliphatic rings. The van der Waals surface area contributed by atoms with E-state index < -0.39 is 5.54 Å². The molecule has 2 aromatic carbocycles. The number of anilines is 2. The van der Waals surface area contributed by atoms with Gasteiger partial charge in [-0.2, -0.15) is 5.10 Å². The number of hydrogen-bond donors (Lipinski definition) is 3. The highest BCUT2D eigenvalue weighted by Gasteiger charge is 2.27. The molecule has 10 heteroatoms. The number of rotatable bonds is 6. The van der Waals surface area contributed by atoms with Gasteiger partial charge in [-0.15, -0.1) is 11.3 Å². The lowest BCUT2D eigenvalue weighted by molar-refractivity contribution is 0.0914. The zero-order chi connectivity index (χ0) is 25.3. The minimum Gasteiger partial charge on any atom is -0.378 e. The van der Waals surface area contributed by atoms with Crippen molar-refractivity contribution in [1.82, 2.24) is 15.5 Å². The maximum Gasteiger partial charge on any atom is 0.262 e. The molecule has 3 N–H and O–H groups in total. The van der Waals surface area contributed by atoms with Crippen LogP contribution in [0.5, 0.6) is 0 Å². The molecule has 4 aromatic rings. The predicted molar refractivity (Wildman–Crippen MR) is 138 cm³/mol. The second kappa shape index (κ2) is 9.71. The smallest absolute Gasteiger partial charge is 0.262 e. The van der Waals surface area contributed by atoms with Gasteiger partial charge in [-0.25, -0.2) is 4.39 Å². The minimum absolute atomic E-state index is 0.296. The van der Waals surface area contributed by atoms with E-state index in [1.807, 2.05) is 12.1 Å². The molecule has 0 spiro atoms. The molecule has 186 valence electrons. The molecule has 2 amide bonds. The van der Waals surface area contributed by atoms with Gasteiger partial charge in [-0.1, -0.05) is 18.2 Å². The molecule has 36 heavy (non-hydrogen) atoms. The average molecular weight is 508 g/mol. The van der Waals surface area contributed by atoms with Crippen molar-refractivity contribution in [1.29, 1.82) is 0 Å². The van der Waals surface area contributed by atoms with Gasteiger partial charge in [-0.3, -0.25) is 14.7 Å². The summed E-state index contributed by atoms with van der Waals surface area (Å²) in [6.07, 6.45) is 0. The third-order valence-electron chi connectivity index (χ3n) is 6.19. The number of thiophene rings is 1. The Hall–Kier alpha value is -3.76. The molecule has 0 aliphatic carbocycles. The number of morpholine rings is 1. The Morgan fingerprint density at radius 2 is 1.81 bits per heavy atom. The van der Waals surface area contributed by atoms with Crippen molar-refractivity contribution in [2.45, 2.75) is 19.4 Å². The number of H-pyrrole nitrogens is 1. The fourth-order valence-corrected chi connectivity index (χ4v) is 5.13. The molecule has 1 saturated heterocycles. The number of fused-ring (bicyclic) bond motifs is 1. The van der Waals surface area contributed by atoms with Crippen LogP contribution >= 0.6 is 11.3 Å². The number of benzene rings is 2. The average Bonchev–Trinajstić information content (AvgIpc) is 3.47. The highest BCUT2D eigenvalue weighted by Crippen LogP contribution is 2.31. The number of halogens is 1. The van der Waals surface area contributed by atoms with Crippen LogP contribution in [0.3, 0.4) is 0 Å². The standard InChI is InChI=1S/C26H26FN5O3S/c1-26(2,19-5-3-4-6-20(19)27)29-24(34)21-15-18-22(30-31-25(18)36-21)28-23(33)16-7-9-17(10-8-16)32-11-13-35-14-12-32/h3-10,15H,11-14H2,1-2H3,(H,29,34)(H2,28,30,31,33). The SMILES string of the molecule is CC(C)(NC(=O)c1cc2c(NC(=O)c3ccc(N4CCOCC4)cc3)n[nH]c2s1)c1ccccc1F. The Labute approximate surface area is 211 Å². The Kier molecular flexibility index (Phi) is 6.46. The summed E-state index contributed by atoms with van der Waals surface area (Å²) in [7, 11) is 0. The molecular formula is C26H26FN5O3S. The van der Waals surface area contributed by atoms with Gasteiger partial charge in [0.15, 0.2) is 5.82 Å². The van der Waals surface area contributed by atoms with E-state index >= 15 is 0 Å². The first-order valence-electron chi connectivity index (χ1n) is 11.6. The molecule has 0 radical (unpaired) electrons. The van der Waals surface area contributed by atoms with Crippen LogP contribution in [0.4, 0.5) is 15.9 Å². The number of hydrogen-bond acceptors (Lipinski definition) is 6. The van der Waals surface area contributed by atoms with Crippen LogP contribution in [0.1, 0.15) is 39.4 Å². The van der Waals surface area contributed by atoms with Gasteiger partial charge in [0, 0.05) is 29.9 Å². The van der Waals surface area contributed by atoms with E-state index in [4.69, 9.17) is 4.74 Å². The van der Waals surface area contributed by atoms with E-state index in [9.17, 15) is 14.0 Å². The van der Waals surface area contributed by atoms with Gasteiger partial charge >= 0.3 is 0 Å². The van der Waals surface area contributed by atoms with Gasteiger partial charge in [0.1, 0.15) is 10.6 Å². The Morgan fingerprint density at radius 1 is 1.08 bits per heavy atom. The van der Waals surface area contributed by atoms with Gasteiger partial charge in [-0.05, 0) is 50.2 Å². The minimum atomic E-state index is -0.914. The lowest BCUT2D eigenvalue weighted by atomic mass is 9.93. The number of nitrogens with zero attached hydrogens (tertiary/aromatic N) is 2. The molecule has 2 aromatic heterocycles. The number of nitrogens with one attached hydrogen (secondary N) is 3. The summed E-state index contributed by atoms with van der Waals surface area (Å²) in [5, 5.41) is 13.4. The van der Waals surface area contributed by atoms with Crippen LogP contribution in [0.2, 0.25) is 0 Å². The van der Waals surface area contributed by atoms with Crippen LogP contribution in [0.15, 0.2) is 54.6 Å². The second-order valence-corrected chi connectivity index (χ2v) is 10.1. The molecule has 8 nitrogen and oxygen atoms in total. The van der Waals surface area contributed by atoms with E-state index in [1.165, 1.54) is 17.4 Å². The summed E-state index contributed by atoms with van der Waals surface area (Å²) in [5.74, 6) is -0.673. The first kappa shape index (κ1) is 24.0. The lowest BCUT2D eigenvalue weighted by Gasteiger charge is -2.28. The van der Waals surface area contributed by atoms with Crippen molar-refractivity contribution >= 4 is 44.9 Å². The topological polar surface area (TPSA) is 99.3 Å². The Balaban J connectivity index is 1.29. The fourth-order valence-electron chi connectivity index (χ4n) is 4.23. The van der Waals surface area contributed by atoms with Crippen LogP contribution in [0.25, 0.3) is 10.2 Å². The first-order valence-corrected chi connectivity index (χ1v) is 12.4. The summed E-state index contributed by atoms with van der Waals surface area (Å²) >= 11 is 1.22. The number of carbonyl (C=O) groups is 2. The molecule has 1 fully saturated rings. The first-order chi connectivity index (χ1) is 17.3. The zero-order valence-electron chi connectivity index (χ0n) is 19.9. The van der Waals surface area contributed by atoms with E-state index in [2.05, 4.69) is 25.7 Å². The highest BCUT2D eigenvalue weighted by atomic mass is 32.1. The molecule has 0 atom stereocenters. The van der Waals surface area contributed by atoms with Crippen molar-refractivity contribution in [2.24, 2.45) is 0 Å². The molecule has 3 heterocycles. The monoisotopic (exact) mass is 507 g/mol. The maximum absolute atomic E-state index is 14.3. The van der Waals surface area contributed by atoms with Crippen molar-refractivity contribution in [2.75, 3.05) is 36.5 Å². The van der Waals surface area contributed by atoms with Crippen molar-refractivity contribution in [3.63, 3.8) is 0 Å². The number of aromatic amines is 1. The zero-order valence-corrected chi connectivity index (χ0v) is 20.7. The summed E-state index contributed by atoms with van der Waals surface area (Å²) in [6, 6.07) is 15.4. The van der Waals surface area contributed by atoms with E-state index in [-0.39, 0.29) is 17.6 Å². The maximum atomic E-state index is 14.3. The normalized spacial score (nSPS) is 14.1. The van der Waals surface area contributed by atoms with E-state index in [0.29, 0.717) is 45.3 Å². The number of carbonyl (C=O) groups excluding carboxylic acids is 2. The molecule has 5 rings (SSSR count). The quantitative estimate of drug-likeness (QED) is 0.357. The van der Waals surface area contributed by atoms with Crippen molar-refractivity contribution < 1.29 is 18.7 Å². The third kappa shape index (κ3) is 4.82. The van der Waals surface area contributed by atoms with Crippen molar-refractivity contribution in [3.05, 3.63) is 76.4 Å². The lowest BCUT2D eigenvalue weighted by Crippen LogP contribution is -2.41. The summed E-state index contributed by atoms with van der Waals surface area (Å²) in [4.78, 5) is 29.1.